The molecule has 11 heteroatoms. The predicted molar refractivity (Wildman–Crippen MR) is 464 cm³/mol. The van der Waals surface area contributed by atoms with Crippen LogP contribution in [0.15, 0.2) is 110 Å². The first kappa shape index (κ1) is 90.2. The Balaban J connectivity index is 0.00000352. The van der Waals surface area contributed by atoms with Gasteiger partial charge >= 0.3 is 16.8 Å². The van der Waals surface area contributed by atoms with Crippen molar-refractivity contribution in [2.75, 3.05) is 118 Å². The van der Waals surface area contributed by atoms with Crippen LogP contribution in [-0.4, -0.2) is 147 Å². The van der Waals surface area contributed by atoms with Crippen molar-refractivity contribution in [2.45, 2.75) is 243 Å². The fraction of sp³-hybridized carbons (Fsp3) is 0.573. The van der Waals surface area contributed by atoms with Gasteiger partial charge < -0.3 is 55.9 Å². The molecule has 7 aromatic rings. The van der Waals surface area contributed by atoms with E-state index in [0.717, 1.165) is 255 Å². The van der Waals surface area contributed by atoms with Crippen LogP contribution < -0.4 is 19.1 Å². The number of rotatable bonds is 46. The van der Waals surface area contributed by atoms with E-state index in [2.05, 4.69) is 239 Å². The van der Waals surface area contributed by atoms with Crippen LogP contribution in [-0.2, 0) is 16.8 Å². The first-order valence-corrected chi connectivity index (χ1v) is 42.7. The number of aromatic nitrogens is 4. The topological polar surface area (TPSA) is 55.4 Å². The minimum Gasteiger partial charge on any atom is -0.658 e. The second-order valence-electron chi connectivity index (χ2n) is 30.2. The molecule has 2 aliphatic heterocycles. The molecule has 0 aliphatic carbocycles. The molecule has 0 radical (unpaired) electrons. The van der Waals surface area contributed by atoms with E-state index in [9.17, 15) is 0 Å². The Bertz CT molecular complexity index is 3830. The summed E-state index contributed by atoms with van der Waals surface area (Å²) in [6, 6.07) is 38.1. The van der Waals surface area contributed by atoms with E-state index in [1.54, 1.807) is 6.08 Å². The van der Waals surface area contributed by atoms with Crippen molar-refractivity contribution in [2.24, 2.45) is 0 Å². The van der Waals surface area contributed by atoms with Crippen LogP contribution in [0.1, 0.15) is 265 Å². The molecule has 8 bridgehead atoms. The van der Waals surface area contributed by atoms with Crippen LogP contribution in [0.4, 0.5) is 0 Å². The van der Waals surface area contributed by atoms with Gasteiger partial charge in [-0.3, -0.25) is 0 Å². The largest absolute Gasteiger partial charge is 3.00 e. The van der Waals surface area contributed by atoms with Gasteiger partial charge in [0.15, 0.2) is 0 Å². The van der Waals surface area contributed by atoms with Crippen LogP contribution in [0, 0.1) is 21.5 Å². The number of allylic oxidation sites excluding steroid dienone is 1. The molecule has 9 rings (SSSR count). The summed E-state index contributed by atoms with van der Waals surface area (Å²) in [7, 11) is 11.1. The predicted octanol–water partition coefficient (Wildman–Crippen LogP) is 22.7. The average Bonchev–Trinajstić information content (AvgIpc) is 1.55. The summed E-state index contributed by atoms with van der Waals surface area (Å²) in [5.74, 6) is 0.769. The molecular weight excluding hydrogens is 1350 g/mol. The molecule has 0 fully saturated rings. The Hall–Kier alpha value is -5.73. The quantitative estimate of drug-likeness (QED) is 0.0213. The van der Waals surface area contributed by atoms with E-state index in [1.807, 2.05) is 6.92 Å². The van der Waals surface area contributed by atoms with Gasteiger partial charge in [-0.05, 0) is 304 Å². The molecule has 0 amide bonds. The molecule has 0 atom stereocenters. The number of hydrogen-bond donors (Lipinski definition) is 0. The third kappa shape index (κ3) is 21.9. The molecule has 2 aliphatic rings. The van der Waals surface area contributed by atoms with E-state index in [1.165, 1.54) is 88.8 Å². The maximum atomic E-state index is 6.65. The summed E-state index contributed by atoms with van der Waals surface area (Å²) in [5.41, 5.74) is 20.0. The number of unbranched alkanes of at least 4 members (excludes halogenated alkanes) is 2. The molecule has 3 aromatic heterocycles. The summed E-state index contributed by atoms with van der Waals surface area (Å²) in [5, 5.41) is 5.00. The number of benzene rings is 4. The normalized spacial score (nSPS) is 12.2. The number of nitrogens with zero attached hydrogens (tertiary/aromatic N) is 10. The molecule has 10 nitrogen and oxygen atoms in total. The first-order chi connectivity index (χ1) is 51.3. The summed E-state index contributed by atoms with van der Waals surface area (Å²) in [6.45, 7) is 57.1. The Labute approximate surface area is 664 Å². The molecule has 0 saturated carbocycles. The first-order valence-electron chi connectivity index (χ1n) is 42.7. The van der Waals surface area contributed by atoms with Gasteiger partial charge in [0.1, 0.15) is 22.8 Å². The zero-order valence-corrected chi connectivity index (χ0v) is 71.5. The van der Waals surface area contributed by atoms with Crippen LogP contribution >= 0.6 is 0 Å². The zero-order chi connectivity index (χ0) is 75.4. The molecular formula is C96H147CoN10. The molecule has 107 heavy (non-hydrogen) atoms. The Kier molecular flexibility index (Phi) is 39.4. The summed E-state index contributed by atoms with van der Waals surface area (Å²) >= 11 is 0. The van der Waals surface area contributed by atoms with Crippen molar-refractivity contribution >= 4 is 43.6 Å². The summed E-state index contributed by atoms with van der Waals surface area (Å²) in [6.07, 6.45) is 21.4. The second kappa shape index (κ2) is 46.8. The van der Waals surface area contributed by atoms with E-state index in [4.69, 9.17) is 24.1 Å². The van der Waals surface area contributed by atoms with Crippen LogP contribution in [0.25, 0.3) is 88.6 Å². The standard InChI is InChI=1S/C92H138N10.C3H6.CH3.Co/c1-17-31-47-69(48-32-18-2)81-85-73-55-33-34-56-74(73)86(93-85)82(70(49-41-63-97(19-3)20-4)50-42-64-98(21-5)22-6)91-79-61-39-40-62-80(79)92(96(91)16)84(72(53-45-67-101(27-11)28-12)54-46-68-102(29-13)30-14)88-76-58-36-35-57-75(76)87(94-88)83(90-78-60-38-37-59-77(78)89(81)95(90)15)71(51-43-65-99(23-7)24-8)52-44-66-100(25-9)26-10;1-3-2;;/h33-40,55-62,69-72H,15-32,41-54,63-68H2,1-14H3;3H,1H2,2H3;1H3;/q-2;;-1;+3. The molecule has 0 unspecified atom stereocenters. The zero-order valence-electron chi connectivity index (χ0n) is 70.5. The van der Waals surface area contributed by atoms with Gasteiger partial charge in [-0.15, -0.1) is 28.6 Å². The number of fused-ring (bicyclic) bond motifs is 20. The third-order valence-electron chi connectivity index (χ3n) is 24.3. The monoisotopic (exact) mass is 1500 g/mol. The molecule has 0 saturated heterocycles. The van der Waals surface area contributed by atoms with Crippen LogP contribution in [0.3, 0.4) is 0 Å². The smallest absolute Gasteiger partial charge is 0.658 e. The van der Waals surface area contributed by atoms with Gasteiger partial charge in [-0.2, -0.15) is 0 Å². The van der Waals surface area contributed by atoms with Crippen molar-refractivity contribution in [3.63, 3.8) is 0 Å². The third-order valence-corrected chi connectivity index (χ3v) is 24.3. The van der Waals surface area contributed by atoms with Crippen molar-refractivity contribution in [3.05, 3.63) is 153 Å². The van der Waals surface area contributed by atoms with Gasteiger partial charge in [0.25, 0.3) is 0 Å². The van der Waals surface area contributed by atoms with Gasteiger partial charge in [-0.1, -0.05) is 226 Å². The average molecular weight is 1500 g/mol. The fourth-order valence-corrected chi connectivity index (χ4v) is 18.1. The van der Waals surface area contributed by atoms with Gasteiger partial charge in [0, 0.05) is 14.1 Å². The molecule has 0 N–H and O–H groups in total. The van der Waals surface area contributed by atoms with Crippen molar-refractivity contribution < 1.29 is 25.9 Å². The molecule has 5 heterocycles. The minimum absolute atomic E-state index is 0. The van der Waals surface area contributed by atoms with Crippen molar-refractivity contribution in [3.8, 4) is 45.0 Å². The molecule has 590 valence electrons. The fourth-order valence-electron chi connectivity index (χ4n) is 18.1. The van der Waals surface area contributed by atoms with E-state index in [-0.39, 0.29) is 47.9 Å². The Morgan fingerprint density at radius 2 is 0.486 bits per heavy atom. The van der Waals surface area contributed by atoms with Crippen LogP contribution in [0.2, 0.25) is 0 Å². The van der Waals surface area contributed by atoms with Gasteiger partial charge in [-0.25, -0.2) is 0 Å². The second-order valence-corrected chi connectivity index (χ2v) is 30.2. The Morgan fingerprint density at radius 3 is 0.654 bits per heavy atom. The maximum absolute atomic E-state index is 6.65. The Morgan fingerprint density at radius 1 is 0.318 bits per heavy atom. The SMILES string of the molecule is C=CC.[CH2-][n+]1c2c(C(CCCC)CCCC)c3[n-]c(c(C(CCCN(CC)CC)CCCN(CC)CC)c4[n+]([CH2-])c(c(C(CCCN(CC)CC)CCCN(CC)CC)c5[n-]c(c(C(CCCN(CC)CC)CCCN(CC)CC)c1-c1ccccc1-2)c1ccccc51)-c1ccccc1-4)c1ccccc31.[CH3-].[Co+3]. The summed E-state index contributed by atoms with van der Waals surface area (Å²) in [4.78, 5) is 29.1. The van der Waals surface area contributed by atoms with E-state index >= 15 is 0 Å². The van der Waals surface area contributed by atoms with Crippen molar-refractivity contribution in [1.82, 2.24) is 39.4 Å². The maximum Gasteiger partial charge on any atom is 3.00 e. The molecule has 4 aromatic carbocycles. The van der Waals surface area contributed by atoms with Crippen LogP contribution in [0.5, 0.6) is 0 Å². The van der Waals surface area contributed by atoms with E-state index < -0.39 is 0 Å². The van der Waals surface area contributed by atoms with Gasteiger partial charge in [0.2, 0.25) is 0 Å². The summed E-state index contributed by atoms with van der Waals surface area (Å²) < 4.78 is 5.02. The van der Waals surface area contributed by atoms with Crippen molar-refractivity contribution in [1.29, 1.82) is 0 Å². The number of hydrogen-bond acceptors (Lipinski definition) is 6. The van der Waals surface area contributed by atoms with E-state index in [0.29, 0.717) is 0 Å². The molecule has 0 spiro atoms. The van der Waals surface area contributed by atoms with Gasteiger partial charge in [0.05, 0.1) is 0 Å². The minimum atomic E-state index is 0.